The molecule has 0 spiro atoms. The van der Waals surface area contributed by atoms with E-state index in [1.54, 1.807) is 4.52 Å². The van der Waals surface area contributed by atoms with Crippen LogP contribution < -0.4 is 5.32 Å². The topological polar surface area (TPSA) is 75.3 Å². The fourth-order valence-corrected chi connectivity index (χ4v) is 2.47. The van der Waals surface area contributed by atoms with Gasteiger partial charge in [0.2, 0.25) is 0 Å². The molecular weight excluding hydrogens is 266 g/mol. The summed E-state index contributed by atoms with van der Waals surface area (Å²) in [5.74, 6) is 1.32. The minimum Gasteiger partial charge on any atom is -0.396 e. The lowest BCUT2D eigenvalue weighted by molar-refractivity contribution is 0.253. The van der Waals surface area contributed by atoms with E-state index in [-0.39, 0.29) is 12.0 Å². The van der Waals surface area contributed by atoms with Crippen molar-refractivity contribution in [2.45, 2.75) is 26.2 Å². The summed E-state index contributed by atoms with van der Waals surface area (Å²) in [6.07, 6.45) is 4.60. The van der Waals surface area contributed by atoms with Crippen molar-refractivity contribution in [3.05, 3.63) is 17.0 Å². The quantitative estimate of drug-likeness (QED) is 0.815. The molecule has 2 N–H and O–H groups in total. The molecule has 0 saturated heterocycles. The third kappa shape index (κ3) is 2.26. The minimum atomic E-state index is 0.226. The Balaban J connectivity index is 1.88. The highest BCUT2D eigenvalue weighted by molar-refractivity contribution is 6.30. The monoisotopic (exact) mass is 281 g/mol. The second-order valence-electron chi connectivity index (χ2n) is 5.18. The van der Waals surface area contributed by atoms with Gasteiger partial charge in [-0.05, 0) is 31.6 Å². The summed E-state index contributed by atoms with van der Waals surface area (Å²) >= 11 is 6.10. The molecule has 6 nitrogen and oxygen atoms in total. The average Bonchev–Trinajstić information content (AvgIpc) is 2.99. The van der Waals surface area contributed by atoms with Crippen molar-refractivity contribution >= 4 is 23.2 Å². The molecule has 19 heavy (non-hydrogen) atoms. The zero-order chi connectivity index (χ0) is 13.5. The summed E-state index contributed by atoms with van der Waals surface area (Å²) in [6.45, 7) is 2.95. The predicted octanol–water partition coefficient (Wildman–Crippen LogP) is 1.66. The van der Waals surface area contributed by atoms with Crippen LogP contribution in [0.5, 0.6) is 0 Å². The molecule has 0 atom stereocenters. The van der Waals surface area contributed by atoms with Gasteiger partial charge in [0, 0.05) is 18.7 Å². The van der Waals surface area contributed by atoms with Crippen molar-refractivity contribution in [2.24, 2.45) is 5.41 Å². The van der Waals surface area contributed by atoms with E-state index in [4.69, 9.17) is 16.7 Å². The molecule has 1 aliphatic rings. The Morgan fingerprint density at radius 1 is 1.53 bits per heavy atom. The summed E-state index contributed by atoms with van der Waals surface area (Å²) < 4.78 is 1.66. The minimum absolute atomic E-state index is 0.226. The normalized spacial score (nSPS) is 16.8. The molecular formula is C12H16ClN5O. The van der Waals surface area contributed by atoms with E-state index in [1.807, 2.05) is 6.92 Å². The van der Waals surface area contributed by atoms with E-state index < -0.39 is 0 Å². The molecule has 0 bridgehead atoms. The maximum atomic E-state index is 9.09. The van der Waals surface area contributed by atoms with Gasteiger partial charge in [-0.1, -0.05) is 11.6 Å². The number of nitrogens with one attached hydrogen (secondary N) is 1. The lowest BCUT2D eigenvalue weighted by Gasteiger charge is -2.17. The smallest absolute Gasteiger partial charge is 0.255 e. The van der Waals surface area contributed by atoms with Gasteiger partial charge in [-0.15, -0.1) is 0 Å². The Labute approximate surface area is 115 Å². The van der Waals surface area contributed by atoms with Crippen LogP contribution in [0.4, 0.5) is 5.82 Å². The largest absolute Gasteiger partial charge is 0.396 e. The molecule has 1 fully saturated rings. The van der Waals surface area contributed by atoms with Crippen LogP contribution in [0.1, 0.15) is 24.8 Å². The molecule has 7 heteroatoms. The van der Waals surface area contributed by atoms with Gasteiger partial charge < -0.3 is 10.4 Å². The number of halogens is 1. The third-order valence-electron chi connectivity index (χ3n) is 3.83. The SMILES string of the molecule is Cc1c(Cl)nc2ncnn2c1NCC1(CCO)CC1. The zero-order valence-corrected chi connectivity index (χ0v) is 11.5. The van der Waals surface area contributed by atoms with E-state index >= 15 is 0 Å². The van der Waals surface area contributed by atoms with Crippen LogP contribution in [0, 0.1) is 12.3 Å². The van der Waals surface area contributed by atoms with Gasteiger partial charge in [-0.25, -0.2) is 0 Å². The number of rotatable bonds is 5. The van der Waals surface area contributed by atoms with Gasteiger partial charge in [0.05, 0.1) is 0 Å². The zero-order valence-electron chi connectivity index (χ0n) is 10.7. The highest BCUT2D eigenvalue weighted by atomic mass is 35.5. The molecule has 0 unspecified atom stereocenters. The second-order valence-corrected chi connectivity index (χ2v) is 5.53. The number of hydrogen-bond donors (Lipinski definition) is 2. The van der Waals surface area contributed by atoms with E-state index in [9.17, 15) is 0 Å². The molecule has 0 amide bonds. The van der Waals surface area contributed by atoms with Crippen LogP contribution in [0.2, 0.25) is 5.15 Å². The molecule has 2 aromatic rings. The Morgan fingerprint density at radius 2 is 2.32 bits per heavy atom. The predicted molar refractivity (Wildman–Crippen MR) is 72.4 cm³/mol. The molecule has 2 heterocycles. The molecule has 102 valence electrons. The average molecular weight is 282 g/mol. The Kier molecular flexibility index (Phi) is 3.06. The van der Waals surface area contributed by atoms with Crippen LogP contribution in [0.25, 0.3) is 5.78 Å². The van der Waals surface area contributed by atoms with E-state index in [0.29, 0.717) is 10.9 Å². The van der Waals surface area contributed by atoms with E-state index in [0.717, 1.165) is 37.2 Å². The molecule has 0 radical (unpaired) electrons. The van der Waals surface area contributed by atoms with Crippen LogP contribution >= 0.6 is 11.6 Å². The van der Waals surface area contributed by atoms with Crippen molar-refractivity contribution in [1.29, 1.82) is 0 Å². The van der Waals surface area contributed by atoms with E-state index in [1.165, 1.54) is 6.33 Å². The van der Waals surface area contributed by atoms with Crippen LogP contribution in [0.3, 0.4) is 0 Å². The summed E-state index contributed by atoms with van der Waals surface area (Å²) in [5, 5.41) is 17.1. The molecule has 0 aromatic carbocycles. The van der Waals surface area contributed by atoms with Gasteiger partial charge in [0.25, 0.3) is 5.78 Å². The highest BCUT2D eigenvalue weighted by Crippen LogP contribution is 2.48. The summed E-state index contributed by atoms with van der Waals surface area (Å²) in [5.41, 5.74) is 1.09. The maximum Gasteiger partial charge on any atom is 0.255 e. The van der Waals surface area contributed by atoms with Gasteiger partial charge in [-0.2, -0.15) is 19.6 Å². The Morgan fingerprint density at radius 3 is 3.00 bits per heavy atom. The number of aliphatic hydroxyl groups is 1. The van der Waals surface area contributed by atoms with E-state index in [2.05, 4.69) is 20.4 Å². The van der Waals surface area contributed by atoms with Crippen molar-refractivity contribution in [2.75, 3.05) is 18.5 Å². The third-order valence-corrected chi connectivity index (χ3v) is 4.20. The number of hydrogen-bond acceptors (Lipinski definition) is 5. The molecule has 2 aromatic heterocycles. The number of aliphatic hydroxyl groups excluding tert-OH is 1. The van der Waals surface area contributed by atoms with Crippen molar-refractivity contribution in [3.63, 3.8) is 0 Å². The summed E-state index contributed by atoms with van der Waals surface area (Å²) in [6, 6.07) is 0. The summed E-state index contributed by atoms with van der Waals surface area (Å²) in [4.78, 5) is 8.22. The Bertz CT molecular complexity index is 607. The standard InChI is InChI=1S/C12H16ClN5O/c1-8-9(13)17-11-15-7-16-18(11)10(8)14-6-12(2-3-12)4-5-19/h7,14,19H,2-6H2,1H3. The second kappa shape index (κ2) is 4.61. The Hall–Kier alpha value is -1.40. The van der Waals surface area contributed by atoms with Crippen LogP contribution in [-0.4, -0.2) is 37.8 Å². The van der Waals surface area contributed by atoms with Gasteiger partial charge >= 0.3 is 0 Å². The van der Waals surface area contributed by atoms with Crippen molar-refractivity contribution in [1.82, 2.24) is 19.6 Å². The highest BCUT2D eigenvalue weighted by Gasteiger charge is 2.41. The maximum absolute atomic E-state index is 9.09. The first-order chi connectivity index (χ1) is 9.15. The molecule has 1 aliphatic carbocycles. The summed E-state index contributed by atoms with van der Waals surface area (Å²) in [7, 11) is 0. The van der Waals surface area contributed by atoms with Gasteiger partial charge in [0.1, 0.15) is 17.3 Å². The van der Waals surface area contributed by atoms with Gasteiger partial charge in [0.15, 0.2) is 0 Å². The van der Waals surface area contributed by atoms with Crippen molar-refractivity contribution < 1.29 is 5.11 Å². The molecule has 0 aliphatic heterocycles. The molecule has 1 saturated carbocycles. The first-order valence-electron chi connectivity index (χ1n) is 6.36. The first kappa shape index (κ1) is 12.6. The number of anilines is 1. The van der Waals surface area contributed by atoms with Gasteiger partial charge in [-0.3, -0.25) is 0 Å². The van der Waals surface area contributed by atoms with Crippen LogP contribution in [0.15, 0.2) is 6.33 Å². The van der Waals surface area contributed by atoms with Crippen molar-refractivity contribution in [3.8, 4) is 0 Å². The number of aromatic nitrogens is 4. The lowest BCUT2D eigenvalue weighted by Crippen LogP contribution is -2.19. The number of nitrogens with zero attached hydrogens (tertiary/aromatic N) is 4. The number of fused-ring (bicyclic) bond motifs is 1. The lowest BCUT2D eigenvalue weighted by atomic mass is 10.0. The first-order valence-corrected chi connectivity index (χ1v) is 6.74. The fourth-order valence-electron chi connectivity index (χ4n) is 2.31. The fraction of sp³-hybridized carbons (Fsp3) is 0.583. The van der Waals surface area contributed by atoms with Crippen LogP contribution in [-0.2, 0) is 0 Å². The molecule has 3 rings (SSSR count).